The van der Waals surface area contributed by atoms with Crippen molar-refractivity contribution in [3.8, 4) is 0 Å². The van der Waals surface area contributed by atoms with Gasteiger partial charge in [-0.3, -0.25) is 10.1 Å². The quantitative estimate of drug-likeness (QED) is 0.656. The molecule has 0 aliphatic carbocycles. The van der Waals surface area contributed by atoms with E-state index >= 15 is 0 Å². The summed E-state index contributed by atoms with van der Waals surface area (Å²) in [6.07, 6.45) is -3.95. The molecule has 0 bridgehead atoms. The molecule has 1 aromatic carbocycles. The van der Waals surface area contributed by atoms with Crippen molar-refractivity contribution in [1.82, 2.24) is 0 Å². The Morgan fingerprint density at radius 1 is 1.41 bits per heavy atom. The second-order valence-electron chi connectivity index (χ2n) is 3.41. The first-order valence-electron chi connectivity index (χ1n) is 4.95. The lowest BCUT2D eigenvalue weighted by molar-refractivity contribution is -0.385. The molecule has 0 radical (unpaired) electrons. The summed E-state index contributed by atoms with van der Waals surface area (Å²) in [6.45, 7) is 2.19. The predicted octanol–water partition coefficient (Wildman–Crippen LogP) is 3.44. The van der Waals surface area contributed by atoms with Crippen LogP contribution in [0.1, 0.15) is 18.9 Å². The van der Waals surface area contributed by atoms with E-state index in [2.05, 4.69) is 5.32 Å². The standard InChI is InChI=1S/C10H11F3N2O2/c1-2-5-14-9-4-3-7(15(16)17)6-8(9)10(11,12)13/h3-4,6,14H,2,5H2,1H3. The largest absolute Gasteiger partial charge is 0.418 e. The molecule has 4 nitrogen and oxygen atoms in total. The van der Waals surface area contributed by atoms with Crippen molar-refractivity contribution in [2.45, 2.75) is 19.5 Å². The fourth-order valence-electron chi connectivity index (χ4n) is 1.29. The fraction of sp³-hybridized carbons (Fsp3) is 0.400. The van der Waals surface area contributed by atoms with Gasteiger partial charge in [0.2, 0.25) is 0 Å². The van der Waals surface area contributed by atoms with Crippen LogP contribution in [-0.2, 0) is 6.18 Å². The lowest BCUT2D eigenvalue weighted by atomic mass is 10.1. The maximum atomic E-state index is 12.7. The molecule has 0 saturated carbocycles. The predicted molar refractivity (Wildman–Crippen MR) is 56.9 cm³/mol. The Labute approximate surface area is 95.6 Å². The summed E-state index contributed by atoms with van der Waals surface area (Å²) in [5, 5.41) is 13.0. The minimum absolute atomic E-state index is 0.134. The lowest BCUT2D eigenvalue weighted by Gasteiger charge is -2.13. The zero-order chi connectivity index (χ0) is 13.1. The molecule has 0 atom stereocenters. The van der Waals surface area contributed by atoms with Crippen molar-refractivity contribution in [2.75, 3.05) is 11.9 Å². The number of rotatable bonds is 4. The van der Waals surface area contributed by atoms with E-state index in [1.165, 1.54) is 0 Å². The first-order valence-corrected chi connectivity index (χ1v) is 4.95. The summed E-state index contributed by atoms with van der Waals surface area (Å²) in [5.74, 6) is 0. The molecule has 7 heteroatoms. The summed E-state index contributed by atoms with van der Waals surface area (Å²) < 4.78 is 38.0. The van der Waals surface area contributed by atoms with Gasteiger partial charge in [0.15, 0.2) is 0 Å². The van der Waals surface area contributed by atoms with E-state index in [1.54, 1.807) is 0 Å². The lowest BCUT2D eigenvalue weighted by Crippen LogP contribution is -2.11. The van der Waals surface area contributed by atoms with Crippen molar-refractivity contribution >= 4 is 11.4 Å². The van der Waals surface area contributed by atoms with E-state index < -0.39 is 22.4 Å². The highest BCUT2D eigenvalue weighted by Gasteiger charge is 2.35. The van der Waals surface area contributed by atoms with Crippen molar-refractivity contribution in [1.29, 1.82) is 0 Å². The second kappa shape index (κ2) is 5.03. The van der Waals surface area contributed by atoms with Gasteiger partial charge in [0, 0.05) is 24.4 Å². The minimum atomic E-state index is -4.61. The smallest absolute Gasteiger partial charge is 0.385 e. The van der Waals surface area contributed by atoms with Crippen LogP contribution in [0.2, 0.25) is 0 Å². The first kappa shape index (κ1) is 13.3. The van der Waals surface area contributed by atoms with Gasteiger partial charge >= 0.3 is 6.18 Å². The van der Waals surface area contributed by atoms with Crippen molar-refractivity contribution in [3.05, 3.63) is 33.9 Å². The maximum Gasteiger partial charge on any atom is 0.418 e. The topological polar surface area (TPSA) is 55.2 Å². The van der Waals surface area contributed by atoms with Gasteiger partial charge in [-0.25, -0.2) is 0 Å². The van der Waals surface area contributed by atoms with Gasteiger partial charge < -0.3 is 5.32 Å². The molecular formula is C10H11F3N2O2. The van der Waals surface area contributed by atoms with Crippen LogP contribution in [0, 0.1) is 10.1 Å². The number of halogens is 3. The number of alkyl halides is 3. The zero-order valence-corrected chi connectivity index (χ0v) is 9.04. The molecule has 0 aliphatic rings. The summed E-state index contributed by atoms with van der Waals surface area (Å²) in [5.41, 5.74) is -1.72. The molecule has 0 spiro atoms. The van der Waals surface area contributed by atoms with Crippen molar-refractivity contribution in [2.24, 2.45) is 0 Å². The Hall–Kier alpha value is -1.79. The highest BCUT2D eigenvalue weighted by molar-refractivity contribution is 5.57. The number of nitro benzene ring substituents is 1. The first-order chi connectivity index (χ1) is 7.86. The molecule has 1 N–H and O–H groups in total. The van der Waals surface area contributed by atoms with E-state index in [0.29, 0.717) is 19.0 Å². The summed E-state index contributed by atoms with van der Waals surface area (Å²) >= 11 is 0. The van der Waals surface area contributed by atoms with Crippen LogP contribution in [0.15, 0.2) is 18.2 Å². The second-order valence-corrected chi connectivity index (χ2v) is 3.41. The summed E-state index contributed by atoms with van der Waals surface area (Å²) in [7, 11) is 0. The van der Waals surface area contributed by atoms with Crippen LogP contribution in [0.3, 0.4) is 0 Å². The van der Waals surface area contributed by atoms with Gasteiger partial charge in [-0.15, -0.1) is 0 Å². The minimum Gasteiger partial charge on any atom is -0.385 e. The third-order valence-electron chi connectivity index (χ3n) is 2.08. The van der Waals surface area contributed by atoms with E-state index in [0.717, 1.165) is 12.1 Å². The Morgan fingerprint density at radius 2 is 2.06 bits per heavy atom. The monoisotopic (exact) mass is 248 g/mol. The average Bonchev–Trinajstić information content (AvgIpc) is 2.24. The molecule has 0 amide bonds. The molecule has 0 aromatic heterocycles. The fourth-order valence-corrected chi connectivity index (χ4v) is 1.29. The van der Waals surface area contributed by atoms with Crippen LogP contribution in [0.4, 0.5) is 24.5 Å². The van der Waals surface area contributed by atoms with Crippen LogP contribution >= 0.6 is 0 Å². The molecular weight excluding hydrogens is 237 g/mol. The molecule has 0 unspecified atom stereocenters. The number of nitrogens with one attached hydrogen (secondary N) is 1. The van der Waals surface area contributed by atoms with E-state index in [4.69, 9.17) is 0 Å². The zero-order valence-electron chi connectivity index (χ0n) is 9.04. The van der Waals surface area contributed by atoms with Crippen LogP contribution in [-0.4, -0.2) is 11.5 Å². The Kier molecular flexibility index (Phi) is 3.93. The number of nitro groups is 1. The normalized spacial score (nSPS) is 11.3. The molecule has 0 saturated heterocycles. The SMILES string of the molecule is CCCNc1ccc([N+](=O)[O-])cc1C(F)(F)F. The number of hydrogen-bond acceptors (Lipinski definition) is 3. The number of nitrogens with zero attached hydrogens (tertiary/aromatic N) is 1. The van der Waals surface area contributed by atoms with E-state index in [9.17, 15) is 23.3 Å². The van der Waals surface area contributed by atoms with E-state index in [1.807, 2.05) is 6.92 Å². The highest BCUT2D eigenvalue weighted by atomic mass is 19.4. The van der Waals surface area contributed by atoms with Crippen LogP contribution < -0.4 is 5.32 Å². The van der Waals surface area contributed by atoms with Gasteiger partial charge in [-0.2, -0.15) is 13.2 Å². The third-order valence-corrected chi connectivity index (χ3v) is 2.08. The summed E-state index contributed by atoms with van der Waals surface area (Å²) in [4.78, 5) is 9.57. The van der Waals surface area contributed by atoms with Gasteiger partial charge in [-0.05, 0) is 12.5 Å². The van der Waals surface area contributed by atoms with Gasteiger partial charge in [0.05, 0.1) is 10.5 Å². The molecule has 0 fully saturated rings. The Morgan fingerprint density at radius 3 is 2.53 bits per heavy atom. The molecule has 0 heterocycles. The van der Waals surface area contributed by atoms with Gasteiger partial charge in [0.25, 0.3) is 5.69 Å². The van der Waals surface area contributed by atoms with Gasteiger partial charge in [0.1, 0.15) is 0 Å². The molecule has 94 valence electrons. The van der Waals surface area contributed by atoms with Crippen molar-refractivity contribution < 1.29 is 18.1 Å². The number of benzene rings is 1. The number of hydrogen-bond donors (Lipinski definition) is 1. The average molecular weight is 248 g/mol. The van der Waals surface area contributed by atoms with Crippen molar-refractivity contribution in [3.63, 3.8) is 0 Å². The maximum absolute atomic E-state index is 12.7. The number of non-ortho nitro benzene ring substituents is 1. The summed E-state index contributed by atoms with van der Waals surface area (Å²) in [6, 6.07) is 2.67. The van der Waals surface area contributed by atoms with Crippen LogP contribution in [0.5, 0.6) is 0 Å². The molecule has 17 heavy (non-hydrogen) atoms. The van der Waals surface area contributed by atoms with Gasteiger partial charge in [-0.1, -0.05) is 6.92 Å². The molecule has 1 rings (SSSR count). The van der Waals surface area contributed by atoms with Crippen LogP contribution in [0.25, 0.3) is 0 Å². The Balaban J connectivity index is 3.17. The molecule has 0 aliphatic heterocycles. The number of anilines is 1. The highest BCUT2D eigenvalue weighted by Crippen LogP contribution is 2.36. The molecule has 1 aromatic rings. The third kappa shape index (κ3) is 3.33. The Bertz CT molecular complexity index is 419. The van der Waals surface area contributed by atoms with E-state index in [-0.39, 0.29) is 5.69 Å².